The number of hydrogen-bond acceptors (Lipinski definition) is 4. The van der Waals surface area contributed by atoms with Gasteiger partial charge < -0.3 is 16.0 Å². The first kappa shape index (κ1) is 23.1. The summed E-state index contributed by atoms with van der Waals surface area (Å²) in [5, 5.41) is 7.82. The average molecular weight is 429 g/mol. The molecule has 162 valence electrons. The number of anilines is 2. The van der Waals surface area contributed by atoms with Crippen molar-refractivity contribution in [2.75, 3.05) is 37.0 Å². The molecule has 0 saturated heterocycles. The van der Waals surface area contributed by atoms with E-state index in [4.69, 9.17) is 0 Å². The maximum absolute atomic E-state index is 14.1. The summed E-state index contributed by atoms with van der Waals surface area (Å²) in [7, 11) is -1.77. The number of hydrogen-bond donors (Lipinski definition) is 3. The number of sulfonamides is 1. The van der Waals surface area contributed by atoms with Gasteiger partial charge in [0.2, 0.25) is 15.9 Å². The molecule has 1 aliphatic rings. The van der Waals surface area contributed by atoms with Crippen LogP contribution < -0.4 is 16.0 Å². The Labute approximate surface area is 171 Å². The van der Waals surface area contributed by atoms with Crippen molar-refractivity contribution in [3.05, 3.63) is 24.0 Å². The predicted molar refractivity (Wildman–Crippen MR) is 111 cm³/mol. The zero-order valence-corrected chi connectivity index (χ0v) is 17.6. The average Bonchev–Trinajstić information content (AvgIpc) is 2.67. The number of halogens is 1. The summed E-state index contributed by atoms with van der Waals surface area (Å²) in [6.07, 6.45) is 6.31. The van der Waals surface area contributed by atoms with Gasteiger partial charge in [-0.15, -0.1) is 0 Å². The summed E-state index contributed by atoms with van der Waals surface area (Å²) < 4.78 is 37.9. The van der Waals surface area contributed by atoms with Gasteiger partial charge >= 0.3 is 6.03 Å². The van der Waals surface area contributed by atoms with Crippen LogP contribution >= 0.6 is 0 Å². The number of rotatable bonds is 8. The van der Waals surface area contributed by atoms with Crippen molar-refractivity contribution >= 4 is 33.3 Å². The van der Waals surface area contributed by atoms with Crippen LogP contribution in [0.4, 0.5) is 20.6 Å². The molecule has 0 spiro atoms. The highest BCUT2D eigenvalue weighted by Gasteiger charge is 2.22. The van der Waals surface area contributed by atoms with Crippen molar-refractivity contribution < 1.29 is 22.4 Å². The summed E-state index contributed by atoms with van der Waals surface area (Å²) in [6, 6.07) is 3.48. The number of carbonyl (C=O) groups excluding carboxylic acids is 2. The summed E-state index contributed by atoms with van der Waals surface area (Å²) in [4.78, 5) is 24.3. The van der Waals surface area contributed by atoms with Gasteiger partial charge in [0.15, 0.2) is 0 Å². The molecule has 0 heterocycles. The Morgan fingerprint density at radius 1 is 1.17 bits per heavy atom. The van der Waals surface area contributed by atoms with Crippen LogP contribution in [0.15, 0.2) is 18.2 Å². The molecule has 3 amide bonds. The van der Waals surface area contributed by atoms with Gasteiger partial charge in [-0.1, -0.05) is 19.3 Å². The molecule has 0 aromatic heterocycles. The molecule has 29 heavy (non-hydrogen) atoms. The molecule has 3 N–H and O–H groups in total. The Hall–Kier alpha value is -2.20. The van der Waals surface area contributed by atoms with Gasteiger partial charge in [0, 0.05) is 31.7 Å². The lowest BCUT2D eigenvalue weighted by atomic mass is 9.88. The predicted octanol–water partition coefficient (Wildman–Crippen LogP) is 2.75. The topological polar surface area (TPSA) is 108 Å². The lowest BCUT2D eigenvalue weighted by Crippen LogP contribution is -2.33. The fourth-order valence-corrected chi connectivity index (χ4v) is 3.60. The molecule has 8 nitrogen and oxygen atoms in total. The van der Waals surface area contributed by atoms with E-state index in [1.807, 2.05) is 0 Å². The second-order valence-electron chi connectivity index (χ2n) is 7.34. The Balaban J connectivity index is 1.83. The van der Waals surface area contributed by atoms with Crippen LogP contribution in [-0.2, 0) is 14.8 Å². The maximum Gasteiger partial charge on any atom is 0.319 e. The number of amides is 3. The highest BCUT2D eigenvalue weighted by Crippen LogP contribution is 2.26. The molecule has 1 aromatic carbocycles. The number of carbonyl (C=O) groups is 2. The lowest BCUT2D eigenvalue weighted by Gasteiger charge is -2.21. The molecule has 1 aliphatic carbocycles. The van der Waals surface area contributed by atoms with E-state index in [2.05, 4.69) is 16.0 Å². The Kier molecular flexibility index (Phi) is 8.39. The van der Waals surface area contributed by atoms with Gasteiger partial charge in [-0.2, -0.15) is 0 Å². The van der Waals surface area contributed by atoms with Gasteiger partial charge in [0.1, 0.15) is 5.82 Å². The van der Waals surface area contributed by atoms with Crippen molar-refractivity contribution in [1.29, 1.82) is 0 Å². The van der Waals surface area contributed by atoms with Crippen LogP contribution in [0.3, 0.4) is 0 Å². The summed E-state index contributed by atoms with van der Waals surface area (Å²) in [5.74, 6) is -0.864. The maximum atomic E-state index is 14.1. The van der Waals surface area contributed by atoms with E-state index in [-0.39, 0.29) is 30.6 Å². The van der Waals surface area contributed by atoms with Crippen molar-refractivity contribution in [3.8, 4) is 0 Å². The molecular weight excluding hydrogens is 399 g/mol. The van der Waals surface area contributed by atoms with Crippen LogP contribution in [-0.4, -0.2) is 51.1 Å². The lowest BCUT2D eigenvalue weighted by molar-refractivity contribution is -0.120. The van der Waals surface area contributed by atoms with Crippen molar-refractivity contribution in [2.45, 2.75) is 38.5 Å². The molecule has 1 fully saturated rings. The highest BCUT2D eigenvalue weighted by atomic mass is 32.2. The van der Waals surface area contributed by atoms with E-state index < -0.39 is 21.9 Å². The van der Waals surface area contributed by atoms with E-state index in [1.165, 1.54) is 29.6 Å². The third-order valence-corrected chi connectivity index (χ3v) is 6.27. The normalized spacial score (nSPS) is 15.2. The fraction of sp³-hybridized carbons (Fsp3) is 0.579. The highest BCUT2D eigenvalue weighted by molar-refractivity contribution is 7.88. The molecule has 1 aromatic rings. The first-order valence-electron chi connectivity index (χ1n) is 9.73. The minimum Gasteiger partial charge on any atom is -0.338 e. The molecule has 0 bridgehead atoms. The van der Waals surface area contributed by atoms with Crippen molar-refractivity contribution in [1.82, 2.24) is 9.62 Å². The van der Waals surface area contributed by atoms with Gasteiger partial charge in [-0.05, 0) is 37.5 Å². The Morgan fingerprint density at radius 3 is 2.52 bits per heavy atom. The fourth-order valence-electron chi connectivity index (χ4n) is 3.14. The summed E-state index contributed by atoms with van der Waals surface area (Å²) in [6.45, 7) is 0.561. The van der Waals surface area contributed by atoms with Crippen molar-refractivity contribution in [2.24, 2.45) is 5.92 Å². The number of benzene rings is 1. The molecule has 1 saturated carbocycles. The van der Waals surface area contributed by atoms with E-state index in [1.54, 1.807) is 0 Å². The third kappa shape index (κ3) is 7.62. The standard InChI is InChI=1S/C19H29FN4O4S/c1-24(29(2,27)28)12-6-11-21-19(26)22-15-9-10-16(20)17(13-15)23-18(25)14-7-4-3-5-8-14/h9-10,13-14H,3-8,11-12H2,1-2H3,(H,23,25)(H2,21,22,26). The minimum absolute atomic E-state index is 0.0353. The minimum atomic E-state index is -3.24. The second-order valence-corrected chi connectivity index (χ2v) is 9.43. The van der Waals surface area contributed by atoms with E-state index in [9.17, 15) is 22.4 Å². The molecule has 0 aliphatic heterocycles. The third-order valence-electron chi connectivity index (χ3n) is 4.96. The first-order valence-corrected chi connectivity index (χ1v) is 11.6. The largest absolute Gasteiger partial charge is 0.338 e. The van der Waals surface area contributed by atoms with Gasteiger partial charge in [-0.25, -0.2) is 21.9 Å². The number of nitrogens with one attached hydrogen (secondary N) is 3. The Morgan fingerprint density at radius 2 is 1.86 bits per heavy atom. The Bertz CT molecular complexity index is 825. The quantitative estimate of drug-likeness (QED) is 0.553. The van der Waals surface area contributed by atoms with Crippen molar-refractivity contribution in [3.63, 3.8) is 0 Å². The number of urea groups is 1. The van der Waals surface area contributed by atoms with Crippen LogP contribution in [0.5, 0.6) is 0 Å². The smallest absolute Gasteiger partial charge is 0.319 e. The summed E-state index contributed by atoms with van der Waals surface area (Å²) >= 11 is 0. The van der Waals surface area contributed by atoms with Crippen LogP contribution in [0.2, 0.25) is 0 Å². The van der Waals surface area contributed by atoms with Gasteiger partial charge in [0.25, 0.3) is 0 Å². The zero-order chi connectivity index (χ0) is 21.4. The zero-order valence-electron chi connectivity index (χ0n) is 16.8. The van der Waals surface area contributed by atoms with Gasteiger partial charge in [0.05, 0.1) is 11.9 Å². The van der Waals surface area contributed by atoms with Gasteiger partial charge in [-0.3, -0.25) is 4.79 Å². The monoisotopic (exact) mass is 428 g/mol. The molecule has 0 unspecified atom stereocenters. The molecule has 10 heteroatoms. The van der Waals surface area contributed by atoms with Crippen LogP contribution in [0.25, 0.3) is 0 Å². The molecule has 2 rings (SSSR count). The molecule has 0 radical (unpaired) electrons. The van der Waals surface area contributed by atoms with E-state index in [0.29, 0.717) is 12.1 Å². The second kappa shape index (κ2) is 10.5. The van der Waals surface area contributed by atoms with Crippen LogP contribution in [0.1, 0.15) is 38.5 Å². The SMILES string of the molecule is CN(CCCNC(=O)Nc1ccc(F)c(NC(=O)C2CCCCC2)c1)S(C)(=O)=O. The molecular formula is C19H29FN4O4S. The first-order chi connectivity index (χ1) is 13.7. The summed E-state index contributed by atoms with van der Waals surface area (Å²) in [5.41, 5.74) is 0.379. The molecule has 0 atom stereocenters. The van der Waals surface area contributed by atoms with E-state index >= 15 is 0 Å². The van der Waals surface area contributed by atoms with Crippen LogP contribution in [0, 0.1) is 11.7 Å². The van der Waals surface area contributed by atoms with E-state index in [0.717, 1.165) is 38.4 Å². The number of nitrogens with zero attached hydrogens (tertiary/aromatic N) is 1.